The summed E-state index contributed by atoms with van der Waals surface area (Å²) in [6, 6.07) is 16.8. The van der Waals surface area contributed by atoms with E-state index in [4.69, 9.17) is 11.1 Å². The van der Waals surface area contributed by atoms with Gasteiger partial charge >= 0.3 is 0 Å². The van der Waals surface area contributed by atoms with Crippen LogP contribution >= 0.6 is 0 Å². The van der Waals surface area contributed by atoms with Gasteiger partial charge in [-0.1, -0.05) is 30.3 Å². The zero-order valence-corrected chi connectivity index (χ0v) is 10.4. The van der Waals surface area contributed by atoms with E-state index in [1.807, 2.05) is 30.3 Å². The first kappa shape index (κ1) is 12.8. The molecule has 0 radical (unpaired) electrons. The first-order valence-corrected chi connectivity index (χ1v) is 5.91. The van der Waals surface area contributed by atoms with Gasteiger partial charge in [0.25, 0.3) is 0 Å². The Kier molecular flexibility index (Phi) is 3.93. The van der Waals surface area contributed by atoms with Crippen molar-refractivity contribution in [3.63, 3.8) is 0 Å². The van der Waals surface area contributed by atoms with Gasteiger partial charge in [0.1, 0.15) is 5.84 Å². The monoisotopic (exact) mass is 253 g/mol. The molecule has 4 heteroatoms. The average Bonchev–Trinajstić information content (AvgIpc) is 2.46. The SMILES string of the molecule is N=C(N)c1ccc(N(C=O)Cc2ccccc2)cc1. The van der Waals surface area contributed by atoms with Crippen LogP contribution < -0.4 is 10.6 Å². The third-order valence-electron chi connectivity index (χ3n) is 2.83. The Bertz CT molecular complexity index is 564. The predicted octanol–water partition coefficient (Wildman–Crippen LogP) is 2.13. The van der Waals surface area contributed by atoms with Gasteiger partial charge in [-0.15, -0.1) is 0 Å². The number of amides is 1. The van der Waals surface area contributed by atoms with Crippen molar-refractivity contribution in [2.75, 3.05) is 4.90 Å². The third kappa shape index (κ3) is 3.19. The fourth-order valence-electron chi connectivity index (χ4n) is 1.80. The fourth-order valence-corrected chi connectivity index (χ4v) is 1.80. The van der Waals surface area contributed by atoms with Crippen molar-refractivity contribution in [1.82, 2.24) is 0 Å². The lowest BCUT2D eigenvalue weighted by molar-refractivity contribution is -0.107. The molecule has 2 aromatic rings. The van der Waals surface area contributed by atoms with E-state index in [1.165, 1.54) is 0 Å². The Hall–Kier alpha value is -2.62. The van der Waals surface area contributed by atoms with Crippen LogP contribution in [0.3, 0.4) is 0 Å². The van der Waals surface area contributed by atoms with Crippen molar-refractivity contribution in [2.45, 2.75) is 6.54 Å². The van der Waals surface area contributed by atoms with Gasteiger partial charge in [0.2, 0.25) is 6.41 Å². The van der Waals surface area contributed by atoms with Gasteiger partial charge in [0, 0.05) is 11.3 Å². The van der Waals surface area contributed by atoms with E-state index in [1.54, 1.807) is 29.2 Å². The Morgan fingerprint density at radius 2 is 1.74 bits per heavy atom. The second-order valence-corrected chi connectivity index (χ2v) is 4.18. The highest BCUT2D eigenvalue weighted by Crippen LogP contribution is 2.16. The van der Waals surface area contributed by atoms with Crippen LogP contribution in [0.4, 0.5) is 5.69 Å². The number of carbonyl (C=O) groups excluding carboxylic acids is 1. The minimum absolute atomic E-state index is 0.0206. The van der Waals surface area contributed by atoms with E-state index in [9.17, 15) is 4.79 Å². The lowest BCUT2D eigenvalue weighted by Gasteiger charge is -2.17. The number of nitrogen functional groups attached to an aromatic ring is 1. The number of anilines is 1. The maximum atomic E-state index is 11.2. The molecular formula is C15H15N3O. The van der Waals surface area contributed by atoms with Crippen LogP contribution in [-0.2, 0) is 11.3 Å². The molecule has 0 fully saturated rings. The van der Waals surface area contributed by atoms with Crippen LogP contribution in [0.25, 0.3) is 0 Å². The van der Waals surface area contributed by atoms with Crippen molar-refractivity contribution >= 4 is 17.9 Å². The van der Waals surface area contributed by atoms with Crippen LogP contribution in [0.15, 0.2) is 54.6 Å². The largest absolute Gasteiger partial charge is 0.384 e. The number of hydrogen-bond donors (Lipinski definition) is 2. The van der Waals surface area contributed by atoms with Gasteiger partial charge in [-0.25, -0.2) is 0 Å². The van der Waals surface area contributed by atoms with Crippen molar-refractivity contribution in [1.29, 1.82) is 5.41 Å². The van der Waals surface area contributed by atoms with Crippen molar-refractivity contribution < 1.29 is 4.79 Å². The van der Waals surface area contributed by atoms with E-state index >= 15 is 0 Å². The zero-order chi connectivity index (χ0) is 13.7. The molecule has 2 rings (SSSR count). The second-order valence-electron chi connectivity index (χ2n) is 4.18. The summed E-state index contributed by atoms with van der Waals surface area (Å²) >= 11 is 0. The molecule has 0 atom stereocenters. The molecule has 0 spiro atoms. The molecule has 0 heterocycles. The van der Waals surface area contributed by atoms with Crippen molar-refractivity contribution in [3.05, 3.63) is 65.7 Å². The maximum absolute atomic E-state index is 11.2. The van der Waals surface area contributed by atoms with Crippen LogP contribution in [0, 0.1) is 5.41 Å². The molecule has 2 aromatic carbocycles. The van der Waals surface area contributed by atoms with Gasteiger partial charge in [0.05, 0.1) is 6.54 Å². The maximum Gasteiger partial charge on any atom is 0.214 e. The molecule has 0 aliphatic heterocycles. The smallest absolute Gasteiger partial charge is 0.214 e. The molecule has 0 unspecified atom stereocenters. The third-order valence-corrected chi connectivity index (χ3v) is 2.83. The number of nitrogens with two attached hydrogens (primary N) is 1. The highest BCUT2D eigenvalue weighted by atomic mass is 16.1. The minimum Gasteiger partial charge on any atom is -0.384 e. The molecule has 19 heavy (non-hydrogen) atoms. The van der Waals surface area contributed by atoms with Gasteiger partial charge in [-0.05, 0) is 29.8 Å². The molecule has 0 aromatic heterocycles. The highest BCUT2D eigenvalue weighted by Gasteiger charge is 2.06. The Labute approximate surface area is 112 Å². The topological polar surface area (TPSA) is 70.2 Å². The second kappa shape index (κ2) is 5.82. The number of amidine groups is 1. The number of nitrogens with one attached hydrogen (secondary N) is 1. The number of nitrogens with zero attached hydrogens (tertiary/aromatic N) is 1. The Morgan fingerprint density at radius 3 is 2.26 bits per heavy atom. The van der Waals surface area contributed by atoms with Gasteiger partial charge in [-0.3, -0.25) is 10.2 Å². The summed E-state index contributed by atoms with van der Waals surface area (Å²) in [4.78, 5) is 12.8. The van der Waals surface area contributed by atoms with Gasteiger partial charge in [-0.2, -0.15) is 0 Å². The standard InChI is InChI=1S/C15H15N3O/c16-15(17)13-6-8-14(9-7-13)18(11-19)10-12-4-2-1-3-5-12/h1-9,11H,10H2,(H3,16,17). The Morgan fingerprint density at radius 1 is 1.11 bits per heavy atom. The van der Waals surface area contributed by atoms with Crippen molar-refractivity contribution in [3.8, 4) is 0 Å². The minimum atomic E-state index is 0.0206. The molecule has 0 bridgehead atoms. The first-order chi connectivity index (χ1) is 9.20. The quantitative estimate of drug-likeness (QED) is 0.487. The number of carbonyl (C=O) groups is 1. The van der Waals surface area contributed by atoms with E-state index < -0.39 is 0 Å². The van der Waals surface area contributed by atoms with Gasteiger partial charge < -0.3 is 10.6 Å². The number of rotatable bonds is 5. The summed E-state index contributed by atoms with van der Waals surface area (Å²) in [6.45, 7) is 0.518. The molecule has 0 saturated carbocycles. The van der Waals surface area contributed by atoms with Crippen LogP contribution in [0.5, 0.6) is 0 Å². The highest BCUT2D eigenvalue weighted by molar-refractivity contribution is 5.95. The Balaban J connectivity index is 2.18. The van der Waals surface area contributed by atoms with Crippen molar-refractivity contribution in [2.24, 2.45) is 5.73 Å². The molecular weight excluding hydrogens is 238 g/mol. The van der Waals surface area contributed by atoms with E-state index in [2.05, 4.69) is 0 Å². The normalized spacial score (nSPS) is 9.89. The molecule has 3 N–H and O–H groups in total. The average molecular weight is 253 g/mol. The molecule has 1 amide bonds. The van der Waals surface area contributed by atoms with E-state index in [0.717, 1.165) is 17.7 Å². The predicted molar refractivity (Wildman–Crippen MR) is 76.1 cm³/mol. The summed E-state index contributed by atoms with van der Waals surface area (Å²) in [6.07, 6.45) is 0.801. The molecule has 4 nitrogen and oxygen atoms in total. The van der Waals surface area contributed by atoms with Crippen LogP contribution in [-0.4, -0.2) is 12.2 Å². The molecule has 0 saturated heterocycles. The zero-order valence-electron chi connectivity index (χ0n) is 10.4. The summed E-state index contributed by atoms with van der Waals surface area (Å²) in [5.74, 6) is 0.0206. The fraction of sp³-hybridized carbons (Fsp3) is 0.0667. The molecule has 0 aliphatic carbocycles. The first-order valence-electron chi connectivity index (χ1n) is 5.91. The lowest BCUT2D eigenvalue weighted by atomic mass is 10.1. The number of hydrogen-bond acceptors (Lipinski definition) is 2. The molecule has 0 aliphatic rings. The molecule has 96 valence electrons. The number of benzene rings is 2. The summed E-state index contributed by atoms with van der Waals surface area (Å²) in [7, 11) is 0. The van der Waals surface area contributed by atoms with Crippen LogP contribution in [0.2, 0.25) is 0 Å². The summed E-state index contributed by atoms with van der Waals surface area (Å²) in [5.41, 5.74) is 7.89. The van der Waals surface area contributed by atoms with Crippen LogP contribution in [0.1, 0.15) is 11.1 Å². The summed E-state index contributed by atoms with van der Waals surface area (Å²) < 4.78 is 0. The van der Waals surface area contributed by atoms with E-state index in [0.29, 0.717) is 12.1 Å². The summed E-state index contributed by atoms with van der Waals surface area (Å²) in [5, 5.41) is 7.33. The van der Waals surface area contributed by atoms with Gasteiger partial charge in [0.15, 0.2) is 0 Å². The lowest BCUT2D eigenvalue weighted by Crippen LogP contribution is -2.20. The van der Waals surface area contributed by atoms with E-state index in [-0.39, 0.29) is 5.84 Å².